The number of nitrogens with zero attached hydrogens (tertiary/aromatic N) is 2. The molecule has 2 N–H and O–H groups in total. The maximum atomic E-state index is 12.0. The number of ether oxygens (including phenoxy) is 1. The molecule has 3 rings (SSSR count). The average Bonchev–Trinajstić information content (AvgIpc) is 3.26. The summed E-state index contributed by atoms with van der Waals surface area (Å²) in [7, 11) is 1.62. The molecule has 0 unspecified atom stereocenters. The van der Waals surface area contributed by atoms with Gasteiger partial charge in [-0.1, -0.05) is 25.1 Å². The van der Waals surface area contributed by atoms with Crippen molar-refractivity contribution in [3.05, 3.63) is 36.2 Å². The molecule has 0 aliphatic rings. The van der Waals surface area contributed by atoms with Crippen molar-refractivity contribution >= 4 is 16.8 Å². The summed E-state index contributed by atoms with van der Waals surface area (Å²) in [6.45, 7) is 2.52. The van der Waals surface area contributed by atoms with Gasteiger partial charge >= 0.3 is 0 Å². The van der Waals surface area contributed by atoms with Crippen LogP contribution in [0, 0.1) is 0 Å². The second-order valence-electron chi connectivity index (χ2n) is 5.90. The number of hydrogen-bond donors (Lipinski definition) is 2. The van der Waals surface area contributed by atoms with Crippen LogP contribution in [-0.4, -0.2) is 40.8 Å². The van der Waals surface area contributed by atoms with E-state index in [1.165, 1.54) is 0 Å². The lowest BCUT2D eigenvalue weighted by atomic mass is 10.2. The van der Waals surface area contributed by atoms with Crippen LogP contribution >= 0.6 is 0 Å². The number of rotatable bonds is 8. The topological polar surface area (TPSA) is 93.0 Å². The van der Waals surface area contributed by atoms with Crippen molar-refractivity contribution in [1.29, 1.82) is 0 Å². The van der Waals surface area contributed by atoms with Crippen LogP contribution in [0.2, 0.25) is 0 Å². The molecule has 2 heterocycles. The summed E-state index contributed by atoms with van der Waals surface area (Å²) >= 11 is 0. The zero-order valence-electron chi connectivity index (χ0n) is 14.4. The molecule has 25 heavy (non-hydrogen) atoms. The fourth-order valence-corrected chi connectivity index (χ4v) is 2.64. The van der Waals surface area contributed by atoms with Gasteiger partial charge < -0.3 is 19.5 Å². The first-order valence-electron chi connectivity index (χ1n) is 8.38. The molecule has 0 radical (unpaired) electrons. The van der Waals surface area contributed by atoms with Crippen LogP contribution in [0.25, 0.3) is 22.5 Å². The highest BCUT2D eigenvalue weighted by molar-refractivity contribution is 5.84. The first kappa shape index (κ1) is 17.2. The van der Waals surface area contributed by atoms with E-state index in [1.807, 2.05) is 37.3 Å². The van der Waals surface area contributed by atoms with E-state index >= 15 is 0 Å². The summed E-state index contributed by atoms with van der Waals surface area (Å²) < 4.78 is 10.7. The summed E-state index contributed by atoms with van der Waals surface area (Å²) in [6, 6.07) is 9.95. The van der Waals surface area contributed by atoms with Crippen LogP contribution in [0.5, 0.6) is 0 Å². The fourth-order valence-electron chi connectivity index (χ4n) is 2.64. The third-order valence-corrected chi connectivity index (χ3v) is 4.02. The number of aryl methyl sites for hydroxylation is 1. The first-order valence-corrected chi connectivity index (χ1v) is 8.38. The van der Waals surface area contributed by atoms with Gasteiger partial charge in [-0.25, -0.2) is 0 Å². The molecule has 0 aliphatic carbocycles. The van der Waals surface area contributed by atoms with E-state index in [4.69, 9.17) is 9.15 Å². The standard InChI is InChI=1S/C18H22N4O3/c1-3-13(11-24-2)19-16(23)8-9-17-21-22-18(25-17)15-10-12-6-4-5-7-14(12)20-15/h4-7,10,13,20H,3,8-9,11H2,1-2H3,(H,19,23)/t13-/m1/s1. The zero-order chi connectivity index (χ0) is 17.6. The van der Waals surface area contributed by atoms with Gasteiger partial charge in [-0.2, -0.15) is 0 Å². The van der Waals surface area contributed by atoms with E-state index in [0.717, 1.165) is 23.0 Å². The Morgan fingerprint density at radius 1 is 1.36 bits per heavy atom. The maximum absolute atomic E-state index is 12.0. The van der Waals surface area contributed by atoms with Gasteiger partial charge in [-0.05, 0) is 18.6 Å². The third-order valence-electron chi connectivity index (χ3n) is 4.02. The van der Waals surface area contributed by atoms with Crippen LogP contribution in [-0.2, 0) is 16.0 Å². The van der Waals surface area contributed by atoms with E-state index < -0.39 is 0 Å². The van der Waals surface area contributed by atoms with Gasteiger partial charge in [0.15, 0.2) is 0 Å². The van der Waals surface area contributed by atoms with Gasteiger partial charge in [-0.3, -0.25) is 4.79 Å². The number of aromatic nitrogens is 3. The van der Waals surface area contributed by atoms with E-state index in [1.54, 1.807) is 7.11 Å². The van der Waals surface area contributed by atoms with Crippen LogP contribution in [0.1, 0.15) is 25.7 Å². The molecular weight excluding hydrogens is 320 g/mol. The highest BCUT2D eigenvalue weighted by atomic mass is 16.5. The molecule has 0 fully saturated rings. The number of carbonyl (C=O) groups excluding carboxylic acids is 1. The minimum absolute atomic E-state index is 0.0297. The number of H-pyrrole nitrogens is 1. The number of fused-ring (bicyclic) bond motifs is 1. The highest BCUT2D eigenvalue weighted by Crippen LogP contribution is 2.23. The van der Waals surface area contributed by atoms with Gasteiger partial charge in [0.2, 0.25) is 11.8 Å². The molecule has 0 spiro atoms. The van der Waals surface area contributed by atoms with E-state index in [0.29, 0.717) is 31.2 Å². The van der Waals surface area contributed by atoms with Gasteiger partial charge in [0.05, 0.1) is 12.6 Å². The number of carbonyl (C=O) groups is 1. The molecule has 132 valence electrons. The summed E-state index contributed by atoms with van der Waals surface area (Å²) in [5, 5.41) is 12.1. The number of methoxy groups -OCH3 is 1. The van der Waals surface area contributed by atoms with Crippen molar-refractivity contribution in [3.63, 3.8) is 0 Å². The Morgan fingerprint density at radius 2 is 2.20 bits per heavy atom. The van der Waals surface area contributed by atoms with Crippen molar-refractivity contribution in [2.75, 3.05) is 13.7 Å². The average molecular weight is 342 g/mol. The Labute approximate surface area is 145 Å². The molecule has 0 aliphatic heterocycles. The Bertz CT molecular complexity index is 807. The molecule has 1 amide bonds. The Kier molecular flexibility index (Phi) is 5.45. The van der Waals surface area contributed by atoms with Crippen molar-refractivity contribution in [2.45, 2.75) is 32.2 Å². The van der Waals surface area contributed by atoms with Crippen molar-refractivity contribution in [2.24, 2.45) is 0 Å². The Balaban J connectivity index is 1.59. The quantitative estimate of drug-likeness (QED) is 0.656. The largest absolute Gasteiger partial charge is 0.419 e. The molecule has 0 saturated carbocycles. The monoisotopic (exact) mass is 342 g/mol. The molecule has 3 aromatic rings. The predicted molar refractivity (Wildman–Crippen MR) is 94.0 cm³/mol. The third kappa shape index (κ3) is 4.24. The lowest BCUT2D eigenvalue weighted by Crippen LogP contribution is -2.37. The molecule has 7 heteroatoms. The Hall–Kier alpha value is -2.67. The molecule has 2 aromatic heterocycles. The van der Waals surface area contributed by atoms with Crippen molar-refractivity contribution < 1.29 is 13.9 Å². The Morgan fingerprint density at radius 3 is 2.96 bits per heavy atom. The number of aromatic amines is 1. The summed E-state index contributed by atoms with van der Waals surface area (Å²) in [5.41, 5.74) is 1.79. The van der Waals surface area contributed by atoms with E-state index in [9.17, 15) is 4.79 Å². The van der Waals surface area contributed by atoms with E-state index in [-0.39, 0.29) is 11.9 Å². The summed E-state index contributed by atoms with van der Waals surface area (Å²) in [4.78, 5) is 15.2. The number of amides is 1. The second-order valence-corrected chi connectivity index (χ2v) is 5.90. The van der Waals surface area contributed by atoms with Gasteiger partial charge in [0.1, 0.15) is 5.69 Å². The van der Waals surface area contributed by atoms with Crippen molar-refractivity contribution in [1.82, 2.24) is 20.5 Å². The molecule has 7 nitrogen and oxygen atoms in total. The smallest absolute Gasteiger partial charge is 0.264 e. The molecule has 1 atom stereocenters. The predicted octanol–water partition coefficient (Wildman–Crippen LogP) is 2.69. The first-order chi connectivity index (χ1) is 12.2. The van der Waals surface area contributed by atoms with Gasteiger partial charge in [0.25, 0.3) is 5.89 Å². The van der Waals surface area contributed by atoms with E-state index in [2.05, 4.69) is 20.5 Å². The summed E-state index contributed by atoms with van der Waals surface area (Å²) in [5.74, 6) is 0.829. The minimum Gasteiger partial charge on any atom is -0.419 e. The number of para-hydroxylation sites is 1. The van der Waals surface area contributed by atoms with Crippen LogP contribution in [0.4, 0.5) is 0 Å². The van der Waals surface area contributed by atoms with Gasteiger partial charge in [-0.15, -0.1) is 10.2 Å². The van der Waals surface area contributed by atoms with Crippen LogP contribution in [0.15, 0.2) is 34.7 Å². The van der Waals surface area contributed by atoms with Crippen LogP contribution in [0.3, 0.4) is 0 Å². The summed E-state index contributed by atoms with van der Waals surface area (Å²) in [6.07, 6.45) is 1.53. The SMILES string of the molecule is CC[C@H](COC)NC(=O)CCc1nnc(-c2cc3ccccc3[nH]2)o1. The molecule has 0 saturated heterocycles. The molecule has 0 bridgehead atoms. The highest BCUT2D eigenvalue weighted by Gasteiger charge is 2.14. The number of benzene rings is 1. The lowest BCUT2D eigenvalue weighted by molar-refractivity contribution is -0.122. The second kappa shape index (κ2) is 7.94. The zero-order valence-corrected chi connectivity index (χ0v) is 14.4. The minimum atomic E-state index is -0.0470. The number of hydrogen-bond acceptors (Lipinski definition) is 5. The van der Waals surface area contributed by atoms with Crippen LogP contribution < -0.4 is 5.32 Å². The molecule has 1 aromatic carbocycles. The molecular formula is C18H22N4O3. The van der Waals surface area contributed by atoms with Crippen molar-refractivity contribution in [3.8, 4) is 11.6 Å². The normalized spacial score (nSPS) is 12.4. The van der Waals surface area contributed by atoms with Gasteiger partial charge in [0, 0.05) is 30.9 Å². The number of nitrogens with one attached hydrogen (secondary N) is 2. The fraction of sp³-hybridized carbons (Fsp3) is 0.389. The lowest BCUT2D eigenvalue weighted by Gasteiger charge is -2.15. The maximum Gasteiger partial charge on any atom is 0.264 e.